The Morgan fingerprint density at radius 2 is 2.29 bits per heavy atom. The van der Waals surface area contributed by atoms with Gasteiger partial charge in [0.25, 0.3) is 0 Å². The molecule has 1 saturated carbocycles. The minimum Gasteiger partial charge on any atom is -0.381 e. The largest absolute Gasteiger partial charge is 0.381 e. The van der Waals surface area contributed by atoms with Crippen LogP contribution in [0, 0.1) is 5.92 Å². The van der Waals surface area contributed by atoms with Crippen molar-refractivity contribution in [1.29, 1.82) is 0 Å². The number of hydrogen-bond acceptors (Lipinski definition) is 3. The molecule has 0 heterocycles. The van der Waals surface area contributed by atoms with Crippen LogP contribution in [0.3, 0.4) is 0 Å². The van der Waals surface area contributed by atoms with Crippen molar-refractivity contribution in [2.45, 2.75) is 19.3 Å². The molecule has 0 unspecified atom stereocenters. The number of likely N-dealkylation sites (N-methyl/N-ethyl adjacent to an activating group) is 1. The van der Waals surface area contributed by atoms with Crippen molar-refractivity contribution in [3.63, 3.8) is 0 Å². The van der Waals surface area contributed by atoms with Crippen LogP contribution in [0.5, 0.6) is 0 Å². The van der Waals surface area contributed by atoms with E-state index in [2.05, 4.69) is 10.6 Å². The van der Waals surface area contributed by atoms with Gasteiger partial charge in [0.05, 0.1) is 6.54 Å². The van der Waals surface area contributed by atoms with E-state index in [0.29, 0.717) is 6.54 Å². The summed E-state index contributed by atoms with van der Waals surface area (Å²) in [5.41, 5.74) is 0. The van der Waals surface area contributed by atoms with E-state index in [1.54, 1.807) is 7.05 Å². The number of ether oxygens (including phenoxy) is 1. The first-order chi connectivity index (χ1) is 6.83. The second-order valence-electron chi connectivity index (χ2n) is 3.72. The van der Waals surface area contributed by atoms with Gasteiger partial charge in [-0.15, -0.1) is 0 Å². The highest BCUT2D eigenvalue weighted by molar-refractivity contribution is 5.77. The molecule has 0 bridgehead atoms. The van der Waals surface area contributed by atoms with Crippen molar-refractivity contribution in [2.75, 3.05) is 33.4 Å². The monoisotopic (exact) mass is 200 g/mol. The fourth-order valence-corrected chi connectivity index (χ4v) is 1.12. The maximum Gasteiger partial charge on any atom is 0.233 e. The molecule has 1 rings (SSSR count). The molecule has 1 amide bonds. The van der Waals surface area contributed by atoms with Crippen LogP contribution in [0.4, 0.5) is 0 Å². The smallest absolute Gasteiger partial charge is 0.233 e. The van der Waals surface area contributed by atoms with Crippen LogP contribution < -0.4 is 10.6 Å². The molecule has 2 N–H and O–H groups in total. The molecule has 1 aliphatic rings. The lowest BCUT2D eigenvalue weighted by atomic mass is 10.4. The van der Waals surface area contributed by atoms with Gasteiger partial charge < -0.3 is 15.4 Å². The van der Waals surface area contributed by atoms with E-state index in [-0.39, 0.29) is 5.91 Å². The van der Waals surface area contributed by atoms with Crippen LogP contribution >= 0.6 is 0 Å². The van der Waals surface area contributed by atoms with Crippen LogP contribution in [0.25, 0.3) is 0 Å². The second-order valence-corrected chi connectivity index (χ2v) is 3.72. The molecule has 4 nitrogen and oxygen atoms in total. The summed E-state index contributed by atoms with van der Waals surface area (Å²) in [4.78, 5) is 10.8. The molecule has 1 fully saturated rings. The Labute approximate surface area is 85.4 Å². The third-order valence-corrected chi connectivity index (χ3v) is 2.26. The van der Waals surface area contributed by atoms with Crippen molar-refractivity contribution in [3.8, 4) is 0 Å². The summed E-state index contributed by atoms with van der Waals surface area (Å²) in [6, 6.07) is 0. The molecule has 0 radical (unpaired) electrons. The normalized spacial score (nSPS) is 15.5. The van der Waals surface area contributed by atoms with Gasteiger partial charge in [0, 0.05) is 20.3 Å². The van der Waals surface area contributed by atoms with Crippen molar-refractivity contribution < 1.29 is 9.53 Å². The summed E-state index contributed by atoms with van der Waals surface area (Å²) >= 11 is 0. The molecule has 14 heavy (non-hydrogen) atoms. The van der Waals surface area contributed by atoms with E-state index in [1.165, 1.54) is 12.8 Å². The maximum atomic E-state index is 10.8. The molecule has 0 aromatic carbocycles. The fourth-order valence-electron chi connectivity index (χ4n) is 1.12. The Morgan fingerprint density at radius 1 is 1.50 bits per heavy atom. The number of hydrogen-bond donors (Lipinski definition) is 2. The van der Waals surface area contributed by atoms with Crippen LogP contribution in [0.15, 0.2) is 0 Å². The van der Waals surface area contributed by atoms with Crippen LogP contribution in [-0.2, 0) is 9.53 Å². The van der Waals surface area contributed by atoms with Gasteiger partial charge in [-0.1, -0.05) is 0 Å². The number of amides is 1. The summed E-state index contributed by atoms with van der Waals surface area (Å²) in [6.07, 6.45) is 3.66. The van der Waals surface area contributed by atoms with Gasteiger partial charge in [0.1, 0.15) is 0 Å². The lowest BCUT2D eigenvalue weighted by Gasteiger charge is -2.04. The molecular formula is C10H20N2O2. The molecule has 0 spiro atoms. The van der Waals surface area contributed by atoms with Gasteiger partial charge in [-0.2, -0.15) is 0 Å². The topological polar surface area (TPSA) is 50.4 Å². The Morgan fingerprint density at radius 3 is 2.93 bits per heavy atom. The molecule has 4 heteroatoms. The lowest BCUT2D eigenvalue weighted by molar-refractivity contribution is -0.119. The maximum absolute atomic E-state index is 10.8. The van der Waals surface area contributed by atoms with Gasteiger partial charge in [-0.25, -0.2) is 0 Å². The molecule has 0 aromatic rings. The highest BCUT2D eigenvalue weighted by Crippen LogP contribution is 2.28. The van der Waals surface area contributed by atoms with Crippen LogP contribution in [-0.4, -0.2) is 39.3 Å². The molecule has 82 valence electrons. The third kappa shape index (κ3) is 5.94. The first-order valence-electron chi connectivity index (χ1n) is 5.32. The minimum absolute atomic E-state index is 0.0314. The highest BCUT2D eigenvalue weighted by Gasteiger charge is 2.20. The Balaban J connectivity index is 1.72. The van der Waals surface area contributed by atoms with Gasteiger partial charge in [0.15, 0.2) is 0 Å². The zero-order chi connectivity index (χ0) is 10.2. The first kappa shape index (κ1) is 11.5. The standard InChI is InChI=1S/C10H20N2O2/c1-11-10(13)7-12-5-2-6-14-8-9-3-4-9/h9,12H,2-8H2,1H3,(H,11,13). The molecule has 0 aromatic heterocycles. The van der Waals surface area contributed by atoms with E-state index in [1.807, 2.05) is 0 Å². The number of rotatable bonds is 8. The molecule has 0 saturated heterocycles. The highest BCUT2D eigenvalue weighted by atomic mass is 16.5. The predicted octanol–water partition coefficient (Wildman–Crippen LogP) is 0.139. The lowest BCUT2D eigenvalue weighted by Crippen LogP contribution is -2.32. The quantitative estimate of drug-likeness (QED) is 0.548. The van der Waals surface area contributed by atoms with Crippen LogP contribution in [0.2, 0.25) is 0 Å². The van der Waals surface area contributed by atoms with Gasteiger partial charge >= 0.3 is 0 Å². The number of carbonyl (C=O) groups is 1. The second kappa shape index (κ2) is 6.79. The molecule has 0 atom stereocenters. The predicted molar refractivity (Wildman–Crippen MR) is 55.1 cm³/mol. The SMILES string of the molecule is CNC(=O)CNCCCOCC1CC1. The number of carbonyl (C=O) groups excluding carboxylic acids is 1. The number of nitrogens with one attached hydrogen (secondary N) is 2. The van der Waals surface area contributed by atoms with Gasteiger partial charge in [-0.05, 0) is 31.7 Å². The summed E-state index contributed by atoms with van der Waals surface area (Å²) in [7, 11) is 1.64. The zero-order valence-electron chi connectivity index (χ0n) is 8.84. The van der Waals surface area contributed by atoms with E-state index < -0.39 is 0 Å². The molecular weight excluding hydrogens is 180 g/mol. The van der Waals surface area contributed by atoms with Crippen LogP contribution in [0.1, 0.15) is 19.3 Å². The Bertz CT molecular complexity index is 170. The minimum atomic E-state index is 0.0314. The summed E-state index contributed by atoms with van der Waals surface area (Å²) in [6.45, 7) is 2.98. The average Bonchev–Trinajstić information content (AvgIpc) is 2.99. The van der Waals surface area contributed by atoms with E-state index in [9.17, 15) is 4.79 Å². The summed E-state index contributed by atoms with van der Waals surface area (Å²) in [5, 5.41) is 5.61. The molecule has 0 aliphatic heterocycles. The van der Waals surface area contributed by atoms with E-state index in [4.69, 9.17) is 4.74 Å². The van der Waals surface area contributed by atoms with Gasteiger partial charge in [-0.3, -0.25) is 4.79 Å². The molecule has 1 aliphatic carbocycles. The summed E-state index contributed by atoms with van der Waals surface area (Å²) < 4.78 is 5.45. The van der Waals surface area contributed by atoms with Crippen molar-refractivity contribution in [3.05, 3.63) is 0 Å². The first-order valence-corrected chi connectivity index (χ1v) is 5.32. The fraction of sp³-hybridized carbons (Fsp3) is 0.900. The van der Waals surface area contributed by atoms with Crippen molar-refractivity contribution >= 4 is 5.91 Å². The van der Waals surface area contributed by atoms with E-state index >= 15 is 0 Å². The Kier molecular flexibility index (Phi) is 5.56. The van der Waals surface area contributed by atoms with Crippen molar-refractivity contribution in [2.24, 2.45) is 5.92 Å². The Hall–Kier alpha value is -0.610. The average molecular weight is 200 g/mol. The van der Waals surface area contributed by atoms with E-state index in [0.717, 1.165) is 32.1 Å². The zero-order valence-corrected chi connectivity index (χ0v) is 8.84. The third-order valence-electron chi connectivity index (χ3n) is 2.26. The summed E-state index contributed by atoms with van der Waals surface area (Å²) in [5.74, 6) is 0.873. The van der Waals surface area contributed by atoms with Crippen molar-refractivity contribution in [1.82, 2.24) is 10.6 Å². The van der Waals surface area contributed by atoms with Gasteiger partial charge in [0.2, 0.25) is 5.91 Å².